The van der Waals surface area contributed by atoms with Crippen LogP contribution in [0, 0.1) is 0 Å². The van der Waals surface area contributed by atoms with Gasteiger partial charge in [0, 0.05) is 6.04 Å². The van der Waals surface area contributed by atoms with Crippen LogP contribution in [0.15, 0.2) is 24.3 Å². The Bertz CT molecular complexity index is 510. The summed E-state index contributed by atoms with van der Waals surface area (Å²) in [6.07, 6.45) is 2.23. The van der Waals surface area contributed by atoms with E-state index in [-0.39, 0.29) is 0 Å². The molecule has 0 radical (unpaired) electrons. The van der Waals surface area contributed by atoms with E-state index in [2.05, 4.69) is 29.1 Å². The van der Waals surface area contributed by atoms with Gasteiger partial charge in [-0.05, 0) is 25.5 Å². The van der Waals surface area contributed by atoms with Gasteiger partial charge >= 0.3 is 0 Å². The molecule has 1 heterocycles. The third-order valence-electron chi connectivity index (χ3n) is 2.70. The summed E-state index contributed by atoms with van der Waals surface area (Å²) in [7, 11) is 0. The smallest absolute Gasteiger partial charge is 0.169 e. The first-order valence-electron chi connectivity index (χ1n) is 5.99. The highest BCUT2D eigenvalue weighted by molar-refractivity contribution is 5.79. The van der Waals surface area contributed by atoms with Crippen molar-refractivity contribution in [1.29, 1.82) is 0 Å². The maximum atomic E-state index is 5.89. The van der Waals surface area contributed by atoms with Crippen molar-refractivity contribution >= 4 is 22.7 Å². The fourth-order valence-electron chi connectivity index (χ4n) is 1.86. The largest absolute Gasteiger partial charge is 0.381 e. The van der Waals surface area contributed by atoms with Gasteiger partial charge in [-0.15, -0.1) is 0 Å². The molecule has 0 aliphatic carbocycles. The van der Waals surface area contributed by atoms with Gasteiger partial charge in [0.25, 0.3) is 0 Å². The number of hydrogen-bond donors (Lipinski definition) is 2. The molecular weight excluding hydrogens is 212 g/mol. The van der Waals surface area contributed by atoms with Crippen LogP contribution in [0.25, 0.3) is 11.0 Å². The summed E-state index contributed by atoms with van der Waals surface area (Å²) in [5.74, 6) is 1.15. The molecule has 0 spiro atoms. The summed E-state index contributed by atoms with van der Waals surface area (Å²) in [6, 6.07) is 8.10. The van der Waals surface area contributed by atoms with Crippen molar-refractivity contribution in [1.82, 2.24) is 9.97 Å². The van der Waals surface area contributed by atoms with Crippen LogP contribution >= 0.6 is 0 Å². The number of anilines is 2. The standard InChI is InChI=1S/C13H18N4/c1-3-6-9(2)15-13-12(14)16-10-7-4-5-8-11(10)17-13/h4-5,7-9H,3,6H2,1-2H3,(H2,14,16)(H,15,17). The second kappa shape index (κ2) is 4.99. The Hall–Kier alpha value is -1.84. The lowest BCUT2D eigenvalue weighted by atomic mass is 10.2. The molecule has 1 unspecified atom stereocenters. The SMILES string of the molecule is CCCC(C)Nc1nc2ccccc2nc1N. The van der Waals surface area contributed by atoms with Crippen LogP contribution < -0.4 is 11.1 Å². The molecule has 0 fully saturated rings. The minimum Gasteiger partial charge on any atom is -0.381 e. The molecule has 0 amide bonds. The second-order valence-corrected chi connectivity index (χ2v) is 4.28. The normalized spacial score (nSPS) is 12.6. The summed E-state index contributed by atoms with van der Waals surface area (Å²) < 4.78 is 0. The van der Waals surface area contributed by atoms with Gasteiger partial charge in [0.15, 0.2) is 11.6 Å². The topological polar surface area (TPSA) is 63.8 Å². The zero-order valence-electron chi connectivity index (χ0n) is 10.3. The minimum atomic E-state index is 0.359. The molecule has 1 aromatic heterocycles. The van der Waals surface area contributed by atoms with E-state index in [1.807, 2.05) is 24.3 Å². The summed E-state index contributed by atoms with van der Waals surface area (Å²) in [5.41, 5.74) is 7.60. The van der Waals surface area contributed by atoms with Gasteiger partial charge in [0.2, 0.25) is 0 Å². The van der Waals surface area contributed by atoms with Gasteiger partial charge in [0.1, 0.15) is 0 Å². The fourth-order valence-corrected chi connectivity index (χ4v) is 1.86. The molecular formula is C13H18N4. The number of aromatic nitrogens is 2. The van der Waals surface area contributed by atoms with Gasteiger partial charge in [-0.2, -0.15) is 0 Å². The zero-order chi connectivity index (χ0) is 12.3. The van der Waals surface area contributed by atoms with Gasteiger partial charge in [-0.3, -0.25) is 0 Å². The van der Waals surface area contributed by atoms with E-state index in [1.54, 1.807) is 0 Å². The van der Waals surface area contributed by atoms with E-state index in [0.29, 0.717) is 17.7 Å². The van der Waals surface area contributed by atoms with Crippen molar-refractivity contribution in [3.63, 3.8) is 0 Å². The first-order valence-corrected chi connectivity index (χ1v) is 5.99. The molecule has 0 aliphatic rings. The Morgan fingerprint density at radius 2 is 1.88 bits per heavy atom. The predicted octanol–water partition coefficient (Wildman–Crippen LogP) is 2.81. The van der Waals surface area contributed by atoms with Crippen LogP contribution in [0.1, 0.15) is 26.7 Å². The van der Waals surface area contributed by atoms with Crippen LogP contribution in [-0.4, -0.2) is 16.0 Å². The number of benzene rings is 1. The molecule has 1 aromatic carbocycles. The quantitative estimate of drug-likeness (QED) is 0.847. The number of nitrogens with two attached hydrogens (primary N) is 1. The van der Waals surface area contributed by atoms with Crippen molar-refractivity contribution in [3.05, 3.63) is 24.3 Å². The van der Waals surface area contributed by atoms with Gasteiger partial charge in [-0.1, -0.05) is 25.5 Å². The highest BCUT2D eigenvalue weighted by Gasteiger charge is 2.08. The Morgan fingerprint density at radius 3 is 2.53 bits per heavy atom. The number of nitrogens with zero attached hydrogens (tertiary/aromatic N) is 2. The van der Waals surface area contributed by atoms with E-state index in [1.165, 1.54) is 0 Å². The van der Waals surface area contributed by atoms with Crippen LogP contribution in [0.4, 0.5) is 11.6 Å². The van der Waals surface area contributed by atoms with Crippen LogP contribution in [-0.2, 0) is 0 Å². The minimum absolute atomic E-state index is 0.359. The first-order chi connectivity index (χ1) is 8.20. The van der Waals surface area contributed by atoms with E-state index < -0.39 is 0 Å². The van der Waals surface area contributed by atoms with Crippen LogP contribution in [0.5, 0.6) is 0 Å². The molecule has 3 N–H and O–H groups in total. The van der Waals surface area contributed by atoms with Crippen molar-refractivity contribution in [2.45, 2.75) is 32.7 Å². The number of hydrogen-bond acceptors (Lipinski definition) is 4. The van der Waals surface area contributed by atoms with E-state index >= 15 is 0 Å². The lowest BCUT2D eigenvalue weighted by Gasteiger charge is -2.14. The fraction of sp³-hybridized carbons (Fsp3) is 0.385. The van der Waals surface area contributed by atoms with Crippen LogP contribution in [0.3, 0.4) is 0 Å². The first kappa shape index (κ1) is 11.6. The molecule has 0 saturated carbocycles. The van der Waals surface area contributed by atoms with E-state index in [0.717, 1.165) is 23.9 Å². The maximum absolute atomic E-state index is 5.89. The van der Waals surface area contributed by atoms with Gasteiger partial charge in [-0.25, -0.2) is 9.97 Å². The number of para-hydroxylation sites is 2. The van der Waals surface area contributed by atoms with Crippen molar-refractivity contribution in [3.8, 4) is 0 Å². The number of nitrogens with one attached hydrogen (secondary N) is 1. The van der Waals surface area contributed by atoms with Crippen molar-refractivity contribution in [2.75, 3.05) is 11.1 Å². The summed E-state index contributed by atoms with van der Waals surface area (Å²) >= 11 is 0. The third-order valence-corrected chi connectivity index (χ3v) is 2.70. The Balaban J connectivity index is 2.31. The molecule has 4 nitrogen and oxygen atoms in total. The molecule has 4 heteroatoms. The molecule has 0 saturated heterocycles. The lowest BCUT2D eigenvalue weighted by molar-refractivity contribution is 0.688. The Morgan fingerprint density at radius 1 is 1.24 bits per heavy atom. The highest BCUT2D eigenvalue weighted by Crippen LogP contribution is 2.19. The molecule has 90 valence electrons. The molecule has 0 aliphatic heterocycles. The van der Waals surface area contributed by atoms with Crippen LogP contribution in [0.2, 0.25) is 0 Å². The maximum Gasteiger partial charge on any atom is 0.169 e. The van der Waals surface area contributed by atoms with E-state index in [4.69, 9.17) is 5.73 Å². The predicted molar refractivity (Wildman–Crippen MR) is 71.9 cm³/mol. The van der Waals surface area contributed by atoms with Gasteiger partial charge in [0.05, 0.1) is 11.0 Å². The highest BCUT2D eigenvalue weighted by atomic mass is 15.1. The number of nitrogen functional groups attached to an aromatic ring is 1. The summed E-state index contributed by atoms with van der Waals surface area (Å²) in [6.45, 7) is 4.29. The second-order valence-electron chi connectivity index (χ2n) is 4.28. The molecule has 17 heavy (non-hydrogen) atoms. The molecule has 0 bridgehead atoms. The number of rotatable bonds is 4. The third kappa shape index (κ3) is 2.64. The zero-order valence-corrected chi connectivity index (χ0v) is 10.3. The summed E-state index contributed by atoms with van der Waals surface area (Å²) in [4.78, 5) is 8.84. The molecule has 2 aromatic rings. The average Bonchev–Trinajstić information content (AvgIpc) is 2.30. The summed E-state index contributed by atoms with van der Waals surface area (Å²) in [5, 5.41) is 3.30. The lowest BCUT2D eigenvalue weighted by Crippen LogP contribution is -2.17. The monoisotopic (exact) mass is 230 g/mol. The molecule has 2 rings (SSSR count). The van der Waals surface area contributed by atoms with Crippen molar-refractivity contribution < 1.29 is 0 Å². The van der Waals surface area contributed by atoms with Crippen molar-refractivity contribution in [2.24, 2.45) is 0 Å². The Kier molecular flexibility index (Phi) is 3.42. The van der Waals surface area contributed by atoms with Gasteiger partial charge < -0.3 is 11.1 Å². The number of fused-ring (bicyclic) bond motifs is 1. The Labute approximate surface area is 101 Å². The molecule has 1 atom stereocenters. The average molecular weight is 230 g/mol. The van der Waals surface area contributed by atoms with E-state index in [9.17, 15) is 0 Å².